The predicted molar refractivity (Wildman–Crippen MR) is 174 cm³/mol. The molecule has 4 fully saturated rings. The molecule has 8 nitrogen and oxygen atoms in total. The van der Waals surface area contributed by atoms with Gasteiger partial charge < -0.3 is 18.9 Å². The number of benzene rings is 2. The summed E-state index contributed by atoms with van der Waals surface area (Å²) in [6.45, 7) is 1.96. The van der Waals surface area contributed by atoms with E-state index in [1.54, 1.807) is 24.3 Å². The molecule has 0 N–H and O–H groups in total. The lowest BCUT2D eigenvalue weighted by molar-refractivity contribution is 0.0122. The summed E-state index contributed by atoms with van der Waals surface area (Å²) in [4.78, 5) is 15.0. The van der Waals surface area contributed by atoms with Gasteiger partial charge in [-0.25, -0.2) is 12.8 Å². The van der Waals surface area contributed by atoms with Crippen LogP contribution in [0.4, 0.5) is 10.1 Å². The maximum absolute atomic E-state index is 15.2. The molecule has 3 heterocycles. The van der Waals surface area contributed by atoms with Crippen molar-refractivity contribution in [3.63, 3.8) is 0 Å². The highest BCUT2D eigenvalue weighted by Gasteiger charge is 2.46. The van der Waals surface area contributed by atoms with Crippen molar-refractivity contribution in [3.8, 4) is 11.3 Å². The Hall–Kier alpha value is -2.50. The zero-order valence-corrected chi connectivity index (χ0v) is 27.8. The monoisotopic (exact) mass is 690 g/mol. The fourth-order valence-electron chi connectivity index (χ4n) is 7.34. The maximum Gasteiger partial charge on any atom is 0.165 e. The standard InChI is InChI=1S/C34H37Cl2FN2O6S/c35-27-3-1-4-28(36)32(27)33-26(34(45-38-33)20-6-7-20)19-44-31-17-23-15-21(31)18-39(23)22-8-9-25(29(37)16-22)30(40)5-2-14-46(41,42)24-10-12-43-13-11-24/h1,3-4,8-9,16,20-21,23-24,31H,2,5-7,10-15,17-19H2/t21-,23-,31+/m0/s1. The molecular formula is C34H37Cl2FN2O6S. The first-order valence-electron chi connectivity index (χ1n) is 16.1. The molecule has 0 spiro atoms. The number of carbonyl (C=O) groups is 1. The molecule has 1 aromatic heterocycles. The van der Waals surface area contributed by atoms with E-state index in [0.29, 0.717) is 59.9 Å². The normalized spacial score (nSPS) is 23.4. The molecular weight excluding hydrogens is 654 g/mol. The van der Waals surface area contributed by atoms with Crippen molar-refractivity contribution in [2.24, 2.45) is 5.92 Å². The van der Waals surface area contributed by atoms with Crippen molar-refractivity contribution in [1.82, 2.24) is 5.16 Å². The number of aromatic nitrogens is 1. The average Bonchev–Trinajstić information content (AvgIpc) is 3.49. The summed E-state index contributed by atoms with van der Waals surface area (Å²) in [7, 11) is -3.30. The summed E-state index contributed by atoms with van der Waals surface area (Å²) in [5.41, 5.74) is 2.94. The minimum atomic E-state index is -3.30. The van der Waals surface area contributed by atoms with E-state index in [2.05, 4.69) is 10.1 Å². The zero-order valence-electron chi connectivity index (χ0n) is 25.4. The van der Waals surface area contributed by atoms with Gasteiger partial charge in [0.2, 0.25) is 0 Å². The van der Waals surface area contributed by atoms with Gasteiger partial charge in [0.15, 0.2) is 15.6 Å². The summed E-state index contributed by atoms with van der Waals surface area (Å²) in [5, 5.41) is 4.97. The molecule has 2 aromatic carbocycles. The molecule has 12 heteroatoms. The zero-order chi connectivity index (χ0) is 32.0. The molecule has 2 saturated carbocycles. The van der Waals surface area contributed by atoms with Gasteiger partial charge in [-0.1, -0.05) is 34.4 Å². The van der Waals surface area contributed by atoms with Crippen molar-refractivity contribution in [1.29, 1.82) is 0 Å². The van der Waals surface area contributed by atoms with Crippen LogP contribution in [0.3, 0.4) is 0 Å². The number of rotatable bonds is 12. The van der Waals surface area contributed by atoms with Crippen LogP contribution < -0.4 is 4.90 Å². The van der Waals surface area contributed by atoms with Crippen LogP contribution in [0.5, 0.6) is 0 Å². The van der Waals surface area contributed by atoms with Crippen molar-refractivity contribution in [2.45, 2.75) is 81.3 Å². The van der Waals surface area contributed by atoms with E-state index in [0.717, 1.165) is 49.2 Å². The largest absolute Gasteiger partial charge is 0.381 e. The van der Waals surface area contributed by atoms with Gasteiger partial charge in [0.1, 0.15) is 17.3 Å². The Labute approximate surface area is 278 Å². The first-order valence-corrected chi connectivity index (χ1v) is 18.6. The number of fused-ring (bicyclic) bond motifs is 2. The van der Waals surface area contributed by atoms with E-state index in [9.17, 15) is 13.2 Å². The van der Waals surface area contributed by atoms with Crippen molar-refractivity contribution >= 4 is 44.5 Å². The number of hydrogen-bond donors (Lipinski definition) is 0. The summed E-state index contributed by atoms with van der Waals surface area (Å²) >= 11 is 13.0. The number of Topliss-reactive ketones (excluding diaryl/α,β-unsaturated/α-hetero) is 1. The second kappa shape index (κ2) is 13.2. The van der Waals surface area contributed by atoms with E-state index in [1.807, 2.05) is 0 Å². The molecule has 2 aliphatic carbocycles. The lowest BCUT2D eigenvalue weighted by Gasteiger charge is -2.33. The second-order valence-electron chi connectivity index (χ2n) is 13.0. The molecule has 3 atom stereocenters. The number of hydrogen-bond acceptors (Lipinski definition) is 8. The smallest absolute Gasteiger partial charge is 0.165 e. The third kappa shape index (κ3) is 6.48. The summed E-state index contributed by atoms with van der Waals surface area (Å²) < 4.78 is 58.0. The number of ether oxygens (including phenoxy) is 2. The van der Waals surface area contributed by atoms with Gasteiger partial charge in [0.25, 0.3) is 0 Å². The van der Waals surface area contributed by atoms with Crippen LogP contribution in [0.15, 0.2) is 40.9 Å². The van der Waals surface area contributed by atoms with Gasteiger partial charge in [-0.15, -0.1) is 0 Å². The van der Waals surface area contributed by atoms with Gasteiger partial charge in [0.05, 0.1) is 39.3 Å². The van der Waals surface area contributed by atoms with E-state index in [4.69, 9.17) is 37.2 Å². The third-order valence-electron chi connectivity index (χ3n) is 9.98. The fraction of sp³-hybridized carbons (Fsp3) is 0.529. The number of nitrogens with zero attached hydrogens (tertiary/aromatic N) is 2. The quantitative estimate of drug-likeness (QED) is 0.181. The van der Waals surface area contributed by atoms with E-state index in [-0.39, 0.29) is 48.0 Å². The molecule has 0 amide bonds. The molecule has 7 rings (SSSR count). The number of sulfone groups is 1. The number of piperidine rings is 1. The highest BCUT2D eigenvalue weighted by molar-refractivity contribution is 7.92. The number of halogens is 3. The van der Waals surface area contributed by atoms with E-state index in [1.165, 1.54) is 12.1 Å². The predicted octanol–water partition coefficient (Wildman–Crippen LogP) is 7.41. The van der Waals surface area contributed by atoms with Crippen LogP contribution in [0.2, 0.25) is 10.0 Å². The Balaban J connectivity index is 0.956. The topological polar surface area (TPSA) is 98.9 Å². The average molecular weight is 692 g/mol. The van der Waals surface area contributed by atoms with E-state index >= 15 is 4.39 Å². The second-order valence-corrected chi connectivity index (χ2v) is 16.2. The van der Waals surface area contributed by atoms with Gasteiger partial charge in [-0.3, -0.25) is 4.79 Å². The minimum absolute atomic E-state index is 0.00685. The minimum Gasteiger partial charge on any atom is -0.381 e. The van der Waals surface area contributed by atoms with Crippen LogP contribution in [0.25, 0.3) is 11.3 Å². The highest BCUT2D eigenvalue weighted by atomic mass is 35.5. The first kappa shape index (κ1) is 32.1. The number of carbonyl (C=O) groups excluding carboxylic acids is 1. The van der Waals surface area contributed by atoms with Gasteiger partial charge in [0, 0.05) is 60.9 Å². The fourth-order valence-corrected chi connectivity index (χ4v) is 9.71. The summed E-state index contributed by atoms with van der Waals surface area (Å²) in [6, 6.07) is 10.3. The Morgan fingerprint density at radius 1 is 1.07 bits per heavy atom. The number of anilines is 1. The van der Waals surface area contributed by atoms with Crippen molar-refractivity contribution < 1.29 is 31.6 Å². The van der Waals surface area contributed by atoms with Crippen LogP contribution in [0, 0.1) is 11.7 Å². The lowest BCUT2D eigenvalue weighted by atomic mass is 10.0. The van der Waals surface area contributed by atoms with Gasteiger partial charge >= 0.3 is 0 Å². The first-order chi connectivity index (χ1) is 22.2. The molecule has 246 valence electrons. The summed E-state index contributed by atoms with van der Waals surface area (Å²) in [5.74, 6) is 0.449. The molecule has 0 radical (unpaired) electrons. The van der Waals surface area contributed by atoms with Crippen LogP contribution >= 0.6 is 23.2 Å². The molecule has 2 bridgehead atoms. The molecule has 2 aliphatic heterocycles. The summed E-state index contributed by atoms with van der Waals surface area (Å²) in [6.07, 6.45) is 5.05. The molecule has 2 saturated heterocycles. The highest BCUT2D eigenvalue weighted by Crippen LogP contribution is 2.47. The lowest BCUT2D eigenvalue weighted by Crippen LogP contribution is -2.38. The van der Waals surface area contributed by atoms with Crippen molar-refractivity contribution in [3.05, 3.63) is 69.1 Å². The Morgan fingerprint density at radius 2 is 1.83 bits per heavy atom. The molecule has 3 aromatic rings. The van der Waals surface area contributed by atoms with Gasteiger partial charge in [-0.05, 0) is 75.3 Å². The Morgan fingerprint density at radius 3 is 2.50 bits per heavy atom. The van der Waals surface area contributed by atoms with Crippen LogP contribution in [-0.4, -0.2) is 62.3 Å². The van der Waals surface area contributed by atoms with Crippen LogP contribution in [0.1, 0.15) is 79.0 Å². The maximum atomic E-state index is 15.2. The third-order valence-corrected chi connectivity index (χ3v) is 13.0. The van der Waals surface area contributed by atoms with E-state index < -0.39 is 20.9 Å². The van der Waals surface area contributed by atoms with Crippen LogP contribution in [-0.2, 0) is 25.9 Å². The number of ketones is 1. The Bertz CT molecular complexity index is 1700. The van der Waals surface area contributed by atoms with Crippen molar-refractivity contribution in [2.75, 3.05) is 30.4 Å². The SMILES string of the molecule is O=C(CCCS(=O)(=O)C1CCOCC1)c1ccc(N2C[C@@H]3C[C@H]2C[C@H]3OCc2c(-c3c(Cl)cccc3Cl)noc2C2CC2)cc1F. The molecule has 4 aliphatic rings. The molecule has 46 heavy (non-hydrogen) atoms. The van der Waals surface area contributed by atoms with Gasteiger partial charge in [-0.2, -0.15) is 0 Å². The Kier molecular flexibility index (Phi) is 9.19. The molecule has 0 unspecified atom stereocenters.